The Bertz CT molecular complexity index is 1210. The average molecular weight is 465 g/mol. The number of hydrogen-bond acceptors (Lipinski definition) is 4. The Balaban J connectivity index is 1.53. The van der Waals surface area contributed by atoms with Crippen LogP contribution >= 0.6 is 11.6 Å². The van der Waals surface area contributed by atoms with Crippen LogP contribution in [0.3, 0.4) is 0 Å². The number of carbonyl (C=O) groups is 2. The Morgan fingerprint density at radius 1 is 1.28 bits per heavy atom. The van der Waals surface area contributed by atoms with Crippen LogP contribution in [-0.2, 0) is 15.8 Å². The normalized spacial score (nSPS) is 15.3. The van der Waals surface area contributed by atoms with E-state index in [1.54, 1.807) is 24.4 Å². The van der Waals surface area contributed by atoms with E-state index in [0.717, 1.165) is 17.7 Å². The van der Waals surface area contributed by atoms with Gasteiger partial charge in [-0.2, -0.15) is 18.3 Å². The minimum absolute atomic E-state index is 0.0807. The predicted molar refractivity (Wildman–Crippen MR) is 112 cm³/mol. The standard InChI is InChI=1S/C21H16ClF3N4O3/c1-32-13-4-2-3-11(7-13)14-10-26-29-17(20(31)28-19(14)29)9-18(30)27-12-5-6-16(22)15(8-12)21(23,24)25/h2-8,10,17H,9H2,1H3,(H,27,30)(H,28,31). The van der Waals surface area contributed by atoms with Gasteiger partial charge in [-0.25, -0.2) is 4.68 Å². The molecule has 0 saturated heterocycles. The van der Waals surface area contributed by atoms with Crippen LogP contribution in [0.4, 0.5) is 24.7 Å². The second-order valence-electron chi connectivity index (χ2n) is 7.03. The molecule has 2 N–H and O–H groups in total. The van der Waals surface area contributed by atoms with E-state index in [9.17, 15) is 22.8 Å². The van der Waals surface area contributed by atoms with Crippen molar-refractivity contribution in [3.05, 3.63) is 59.2 Å². The number of ether oxygens (including phenoxy) is 1. The number of benzene rings is 2. The van der Waals surface area contributed by atoms with Crippen molar-refractivity contribution >= 4 is 34.9 Å². The van der Waals surface area contributed by atoms with E-state index in [1.165, 1.54) is 17.9 Å². The molecular formula is C21H16ClF3N4O3. The van der Waals surface area contributed by atoms with Crippen LogP contribution in [0.2, 0.25) is 5.02 Å². The molecule has 0 radical (unpaired) electrons. The lowest BCUT2D eigenvalue weighted by Crippen LogP contribution is -2.23. The fraction of sp³-hybridized carbons (Fsp3) is 0.190. The number of amides is 2. The summed E-state index contributed by atoms with van der Waals surface area (Å²) in [5.41, 5.74) is 0.264. The van der Waals surface area contributed by atoms with Crippen LogP contribution in [0, 0.1) is 0 Å². The molecule has 0 fully saturated rings. The highest BCUT2D eigenvalue weighted by Gasteiger charge is 2.36. The quantitative estimate of drug-likeness (QED) is 0.570. The number of fused-ring (bicyclic) bond motifs is 1. The van der Waals surface area contributed by atoms with Gasteiger partial charge in [0.05, 0.1) is 30.3 Å². The van der Waals surface area contributed by atoms with Crippen LogP contribution < -0.4 is 15.4 Å². The zero-order chi connectivity index (χ0) is 23.0. The number of anilines is 2. The molecule has 4 rings (SSSR count). The lowest BCUT2D eigenvalue weighted by molar-refractivity contribution is -0.137. The molecule has 1 aliphatic heterocycles. The summed E-state index contributed by atoms with van der Waals surface area (Å²) in [6.07, 6.45) is -3.42. The molecule has 2 amide bonds. The van der Waals surface area contributed by atoms with Gasteiger partial charge in [0.1, 0.15) is 17.6 Å². The summed E-state index contributed by atoms with van der Waals surface area (Å²) in [5.74, 6) is -0.0397. The van der Waals surface area contributed by atoms with Crippen molar-refractivity contribution in [2.45, 2.75) is 18.6 Å². The van der Waals surface area contributed by atoms with Crippen molar-refractivity contribution < 1.29 is 27.5 Å². The number of nitrogens with one attached hydrogen (secondary N) is 2. The lowest BCUT2D eigenvalue weighted by Gasteiger charge is -2.13. The fourth-order valence-electron chi connectivity index (χ4n) is 3.42. The molecule has 1 aromatic heterocycles. The van der Waals surface area contributed by atoms with E-state index in [2.05, 4.69) is 15.7 Å². The zero-order valence-corrected chi connectivity index (χ0v) is 17.3. The van der Waals surface area contributed by atoms with Crippen LogP contribution in [0.1, 0.15) is 18.0 Å². The number of aromatic nitrogens is 2. The second-order valence-corrected chi connectivity index (χ2v) is 7.44. The topological polar surface area (TPSA) is 85.2 Å². The number of alkyl halides is 3. The molecule has 1 aliphatic rings. The molecule has 0 aliphatic carbocycles. The van der Waals surface area contributed by atoms with Crippen molar-refractivity contribution in [3.63, 3.8) is 0 Å². The second kappa shape index (κ2) is 8.19. The van der Waals surface area contributed by atoms with E-state index in [1.807, 2.05) is 6.07 Å². The summed E-state index contributed by atoms with van der Waals surface area (Å²) in [5, 5.41) is 8.84. The maximum absolute atomic E-state index is 13.0. The van der Waals surface area contributed by atoms with Crippen LogP contribution in [0.5, 0.6) is 5.75 Å². The van der Waals surface area contributed by atoms with Gasteiger partial charge in [-0.05, 0) is 35.9 Å². The summed E-state index contributed by atoms with van der Waals surface area (Å²) in [7, 11) is 1.54. The number of nitrogens with zero attached hydrogens (tertiary/aromatic N) is 2. The van der Waals surface area contributed by atoms with Crippen LogP contribution in [-0.4, -0.2) is 28.7 Å². The Kier molecular flexibility index (Phi) is 5.55. The van der Waals surface area contributed by atoms with Gasteiger partial charge in [0.15, 0.2) is 0 Å². The first-order valence-electron chi connectivity index (χ1n) is 9.37. The smallest absolute Gasteiger partial charge is 0.417 e. The van der Waals surface area contributed by atoms with Gasteiger partial charge in [0.25, 0.3) is 5.91 Å². The third-order valence-corrected chi connectivity index (χ3v) is 5.28. The third kappa shape index (κ3) is 4.13. The van der Waals surface area contributed by atoms with Gasteiger partial charge in [0.2, 0.25) is 5.91 Å². The van der Waals surface area contributed by atoms with Gasteiger partial charge in [-0.15, -0.1) is 0 Å². The van der Waals surface area contributed by atoms with Gasteiger partial charge >= 0.3 is 6.18 Å². The van der Waals surface area contributed by atoms with E-state index in [-0.39, 0.29) is 12.1 Å². The van der Waals surface area contributed by atoms with E-state index in [4.69, 9.17) is 16.3 Å². The maximum Gasteiger partial charge on any atom is 0.417 e. The average Bonchev–Trinajstić information content (AvgIpc) is 3.28. The summed E-state index contributed by atoms with van der Waals surface area (Å²) < 4.78 is 45.7. The molecule has 2 aromatic carbocycles. The Morgan fingerprint density at radius 2 is 2.06 bits per heavy atom. The molecule has 11 heteroatoms. The van der Waals surface area contributed by atoms with Crippen molar-refractivity contribution in [1.82, 2.24) is 9.78 Å². The van der Waals surface area contributed by atoms with Gasteiger partial charge < -0.3 is 15.4 Å². The molecule has 0 saturated carbocycles. The summed E-state index contributed by atoms with van der Waals surface area (Å²) in [4.78, 5) is 24.9. The largest absolute Gasteiger partial charge is 0.497 e. The van der Waals surface area contributed by atoms with Crippen molar-refractivity contribution in [1.29, 1.82) is 0 Å². The summed E-state index contributed by atoms with van der Waals surface area (Å²) >= 11 is 5.60. The molecule has 7 nitrogen and oxygen atoms in total. The SMILES string of the molecule is COc1cccc(-c2cnn3c2NC(=O)C3CC(=O)Nc2ccc(Cl)c(C(F)(F)F)c2)c1. The van der Waals surface area contributed by atoms with Gasteiger partial charge in [-0.3, -0.25) is 9.59 Å². The summed E-state index contributed by atoms with van der Waals surface area (Å²) in [6.45, 7) is 0. The number of carbonyl (C=O) groups excluding carboxylic acids is 2. The van der Waals surface area contributed by atoms with Gasteiger partial charge in [-0.1, -0.05) is 23.7 Å². The number of hydrogen-bond donors (Lipinski definition) is 2. The third-order valence-electron chi connectivity index (χ3n) is 4.95. The van der Waals surface area contributed by atoms with E-state index >= 15 is 0 Å². The number of rotatable bonds is 5. The molecule has 32 heavy (non-hydrogen) atoms. The molecule has 3 aromatic rings. The van der Waals surface area contributed by atoms with Crippen molar-refractivity contribution in [2.75, 3.05) is 17.7 Å². The Morgan fingerprint density at radius 3 is 2.78 bits per heavy atom. The van der Waals surface area contributed by atoms with Crippen molar-refractivity contribution in [3.8, 4) is 16.9 Å². The molecular weight excluding hydrogens is 449 g/mol. The highest BCUT2D eigenvalue weighted by Crippen LogP contribution is 2.38. The Labute approximate surface area is 185 Å². The Hall–Kier alpha value is -3.53. The van der Waals surface area contributed by atoms with Gasteiger partial charge in [0, 0.05) is 11.3 Å². The first-order chi connectivity index (χ1) is 15.2. The molecule has 1 unspecified atom stereocenters. The first kappa shape index (κ1) is 21.7. The minimum Gasteiger partial charge on any atom is -0.497 e. The van der Waals surface area contributed by atoms with E-state index in [0.29, 0.717) is 17.1 Å². The molecule has 2 heterocycles. The lowest BCUT2D eigenvalue weighted by atomic mass is 10.1. The maximum atomic E-state index is 13.0. The highest BCUT2D eigenvalue weighted by molar-refractivity contribution is 6.31. The molecule has 0 bridgehead atoms. The van der Waals surface area contributed by atoms with Crippen molar-refractivity contribution in [2.24, 2.45) is 0 Å². The summed E-state index contributed by atoms with van der Waals surface area (Å²) in [6, 6.07) is 9.28. The minimum atomic E-state index is -4.66. The molecule has 166 valence electrons. The van der Waals surface area contributed by atoms with Crippen LogP contribution in [0.25, 0.3) is 11.1 Å². The number of halogens is 4. The van der Waals surface area contributed by atoms with Crippen LogP contribution in [0.15, 0.2) is 48.7 Å². The predicted octanol–water partition coefficient (Wildman–Crippen LogP) is 4.75. The van der Waals surface area contributed by atoms with E-state index < -0.39 is 34.6 Å². The number of methoxy groups -OCH3 is 1. The first-order valence-corrected chi connectivity index (χ1v) is 9.74. The molecule has 0 spiro atoms. The highest BCUT2D eigenvalue weighted by atomic mass is 35.5. The zero-order valence-electron chi connectivity index (χ0n) is 16.5. The fourth-order valence-corrected chi connectivity index (χ4v) is 3.65. The molecule has 1 atom stereocenters. The monoisotopic (exact) mass is 464 g/mol.